The third-order valence-corrected chi connectivity index (χ3v) is 5.01. The summed E-state index contributed by atoms with van der Waals surface area (Å²) < 4.78 is 30.1. The van der Waals surface area contributed by atoms with Crippen LogP contribution >= 0.6 is 0 Å². The standard InChI is InChI=1S/C18H14N4O4S/c1-27(24,25)14-5-2-4-12(10-14)13-7-8-16-19-18(21-22(16)11-13)20-17(23)15-6-3-9-26-15/h2-11H,1H3,(H,20,21,23). The minimum Gasteiger partial charge on any atom is -0.459 e. The van der Waals surface area contributed by atoms with E-state index in [1.807, 2.05) is 12.1 Å². The molecular formula is C18H14N4O4S. The molecule has 0 radical (unpaired) electrons. The first kappa shape index (κ1) is 17.0. The molecule has 9 heteroatoms. The van der Waals surface area contributed by atoms with Gasteiger partial charge in [-0.1, -0.05) is 12.1 Å². The third-order valence-electron chi connectivity index (χ3n) is 3.90. The highest BCUT2D eigenvalue weighted by molar-refractivity contribution is 7.90. The fourth-order valence-electron chi connectivity index (χ4n) is 2.58. The maximum absolute atomic E-state index is 12.0. The molecule has 136 valence electrons. The van der Waals surface area contributed by atoms with Gasteiger partial charge >= 0.3 is 0 Å². The van der Waals surface area contributed by atoms with Gasteiger partial charge in [0, 0.05) is 18.0 Å². The van der Waals surface area contributed by atoms with Crippen LogP contribution in [0.3, 0.4) is 0 Å². The van der Waals surface area contributed by atoms with Crippen molar-refractivity contribution in [1.29, 1.82) is 0 Å². The number of benzene rings is 1. The number of furan rings is 1. The van der Waals surface area contributed by atoms with Crippen LogP contribution in [-0.4, -0.2) is 35.2 Å². The largest absolute Gasteiger partial charge is 0.459 e. The van der Waals surface area contributed by atoms with Gasteiger partial charge in [0.05, 0.1) is 11.2 Å². The molecule has 0 fully saturated rings. The zero-order valence-electron chi connectivity index (χ0n) is 14.2. The average molecular weight is 382 g/mol. The lowest BCUT2D eigenvalue weighted by atomic mass is 10.1. The summed E-state index contributed by atoms with van der Waals surface area (Å²) in [5.41, 5.74) is 2.03. The molecule has 1 N–H and O–H groups in total. The van der Waals surface area contributed by atoms with Crippen molar-refractivity contribution in [2.45, 2.75) is 4.90 Å². The predicted octanol–water partition coefficient (Wildman–Crippen LogP) is 2.65. The normalized spacial score (nSPS) is 11.6. The van der Waals surface area contributed by atoms with E-state index in [2.05, 4.69) is 15.4 Å². The Morgan fingerprint density at radius 2 is 1.96 bits per heavy atom. The third kappa shape index (κ3) is 3.44. The molecular weight excluding hydrogens is 368 g/mol. The Labute approximate surface area is 154 Å². The number of pyridine rings is 1. The summed E-state index contributed by atoms with van der Waals surface area (Å²) in [6, 6.07) is 13.4. The number of amides is 1. The van der Waals surface area contributed by atoms with E-state index in [4.69, 9.17) is 4.42 Å². The Kier molecular flexibility index (Phi) is 4.00. The van der Waals surface area contributed by atoms with E-state index >= 15 is 0 Å². The van der Waals surface area contributed by atoms with Crippen LogP contribution in [0, 0.1) is 0 Å². The second-order valence-corrected chi connectivity index (χ2v) is 7.90. The molecule has 0 saturated carbocycles. The monoisotopic (exact) mass is 382 g/mol. The number of anilines is 1. The van der Waals surface area contributed by atoms with Crippen LogP contribution in [-0.2, 0) is 9.84 Å². The summed E-state index contributed by atoms with van der Waals surface area (Å²) in [4.78, 5) is 16.5. The Bertz CT molecular complexity index is 1240. The van der Waals surface area contributed by atoms with E-state index < -0.39 is 15.7 Å². The summed E-state index contributed by atoms with van der Waals surface area (Å²) in [6.45, 7) is 0. The number of nitrogens with one attached hydrogen (secondary N) is 1. The number of carbonyl (C=O) groups is 1. The summed E-state index contributed by atoms with van der Waals surface area (Å²) in [5, 5.41) is 6.80. The summed E-state index contributed by atoms with van der Waals surface area (Å²) in [7, 11) is -3.30. The van der Waals surface area contributed by atoms with Crippen molar-refractivity contribution in [2.75, 3.05) is 11.6 Å². The van der Waals surface area contributed by atoms with Crippen molar-refractivity contribution in [1.82, 2.24) is 14.6 Å². The van der Waals surface area contributed by atoms with Gasteiger partial charge in [0.15, 0.2) is 21.2 Å². The van der Waals surface area contributed by atoms with Crippen molar-refractivity contribution < 1.29 is 17.6 Å². The van der Waals surface area contributed by atoms with Crippen LogP contribution in [0.25, 0.3) is 16.8 Å². The molecule has 3 heterocycles. The van der Waals surface area contributed by atoms with Gasteiger partial charge in [0.25, 0.3) is 5.91 Å². The highest BCUT2D eigenvalue weighted by atomic mass is 32.2. The first-order valence-corrected chi connectivity index (χ1v) is 9.81. The zero-order chi connectivity index (χ0) is 19.0. The molecule has 0 spiro atoms. The second-order valence-electron chi connectivity index (χ2n) is 5.89. The van der Waals surface area contributed by atoms with Gasteiger partial charge < -0.3 is 4.42 Å². The number of rotatable bonds is 4. The fourth-order valence-corrected chi connectivity index (χ4v) is 3.25. The number of carbonyl (C=O) groups excluding carboxylic acids is 1. The minimum atomic E-state index is -3.30. The predicted molar refractivity (Wildman–Crippen MR) is 98.2 cm³/mol. The maximum atomic E-state index is 12.0. The highest BCUT2D eigenvalue weighted by Crippen LogP contribution is 2.23. The second kappa shape index (κ2) is 6.36. The van der Waals surface area contributed by atoms with Crippen LogP contribution in [0.15, 0.2) is 70.3 Å². The van der Waals surface area contributed by atoms with Crippen LogP contribution in [0.4, 0.5) is 5.95 Å². The molecule has 0 aliphatic carbocycles. The smallest absolute Gasteiger partial charge is 0.293 e. The van der Waals surface area contributed by atoms with E-state index in [0.29, 0.717) is 5.65 Å². The molecule has 1 amide bonds. The van der Waals surface area contributed by atoms with Gasteiger partial charge in [0.2, 0.25) is 5.95 Å². The lowest BCUT2D eigenvalue weighted by molar-refractivity contribution is 0.0996. The molecule has 27 heavy (non-hydrogen) atoms. The number of fused-ring (bicyclic) bond motifs is 1. The molecule has 4 rings (SSSR count). The maximum Gasteiger partial charge on any atom is 0.293 e. The van der Waals surface area contributed by atoms with Crippen LogP contribution < -0.4 is 5.32 Å². The lowest BCUT2D eigenvalue weighted by Gasteiger charge is -2.04. The molecule has 0 aliphatic heterocycles. The number of sulfone groups is 1. The molecule has 1 aromatic carbocycles. The van der Waals surface area contributed by atoms with Crippen LogP contribution in [0.1, 0.15) is 10.6 Å². The average Bonchev–Trinajstić information content (AvgIpc) is 3.30. The SMILES string of the molecule is CS(=O)(=O)c1cccc(-c2ccc3nc(NC(=O)c4ccco4)nn3c2)c1. The molecule has 0 unspecified atom stereocenters. The summed E-state index contributed by atoms with van der Waals surface area (Å²) >= 11 is 0. The van der Waals surface area contributed by atoms with E-state index in [-0.39, 0.29) is 16.6 Å². The number of hydrogen-bond acceptors (Lipinski definition) is 6. The molecule has 3 aromatic heterocycles. The Hall–Kier alpha value is -3.46. The zero-order valence-corrected chi connectivity index (χ0v) is 15.0. The van der Waals surface area contributed by atoms with E-state index in [0.717, 1.165) is 11.1 Å². The molecule has 8 nitrogen and oxygen atoms in total. The Morgan fingerprint density at radius 1 is 1.11 bits per heavy atom. The lowest BCUT2D eigenvalue weighted by Crippen LogP contribution is -2.12. The van der Waals surface area contributed by atoms with Crippen LogP contribution in [0.2, 0.25) is 0 Å². The van der Waals surface area contributed by atoms with E-state index in [9.17, 15) is 13.2 Å². The van der Waals surface area contributed by atoms with Gasteiger partial charge in [-0.25, -0.2) is 12.9 Å². The van der Waals surface area contributed by atoms with Crippen molar-refractivity contribution in [2.24, 2.45) is 0 Å². The van der Waals surface area contributed by atoms with Crippen LogP contribution in [0.5, 0.6) is 0 Å². The fraction of sp³-hybridized carbons (Fsp3) is 0.0556. The number of nitrogens with zero attached hydrogens (tertiary/aromatic N) is 3. The number of hydrogen-bond donors (Lipinski definition) is 1. The molecule has 0 atom stereocenters. The highest BCUT2D eigenvalue weighted by Gasteiger charge is 2.13. The van der Waals surface area contributed by atoms with Gasteiger partial charge in [-0.15, -0.1) is 5.10 Å². The van der Waals surface area contributed by atoms with Crippen molar-refractivity contribution >= 4 is 27.3 Å². The van der Waals surface area contributed by atoms with Crippen molar-refractivity contribution in [3.8, 4) is 11.1 Å². The Morgan fingerprint density at radius 3 is 2.70 bits per heavy atom. The van der Waals surface area contributed by atoms with Crippen molar-refractivity contribution in [3.63, 3.8) is 0 Å². The number of aromatic nitrogens is 3. The van der Waals surface area contributed by atoms with Gasteiger partial charge in [-0.2, -0.15) is 4.98 Å². The molecule has 0 aliphatic rings. The first-order chi connectivity index (χ1) is 12.9. The van der Waals surface area contributed by atoms with Gasteiger partial charge in [-0.3, -0.25) is 10.1 Å². The van der Waals surface area contributed by atoms with Gasteiger partial charge in [0.1, 0.15) is 0 Å². The van der Waals surface area contributed by atoms with E-state index in [1.54, 1.807) is 36.5 Å². The van der Waals surface area contributed by atoms with E-state index in [1.165, 1.54) is 23.1 Å². The molecule has 4 aromatic rings. The first-order valence-electron chi connectivity index (χ1n) is 7.92. The molecule has 0 bridgehead atoms. The Balaban J connectivity index is 1.66. The van der Waals surface area contributed by atoms with Gasteiger partial charge in [-0.05, 0) is 42.0 Å². The van der Waals surface area contributed by atoms with Crippen molar-refractivity contribution in [3.05, 3.63) is 66.8 Å². The molecule has 0 saturated heterocycles. The minimum absolute atomic E-state index is 0.137. The topological polar surface area (TPSA) is 107 Å². The summed E-state index contributed by atoms with van der Waals surface area (Å²) in [5.74, 6) is -0.150. The summed E-state index contributed by atoms with van der Waals surface area (Å²) in [6.07, 6.45) is 4.29. The quantitative estimate of drug-likeness (QED) is 0.581.